The summed E-state index contributed by atoms with van der Waals surface area (Å²) in [6, 6.07) is 1.51. The monoisotopic (exact) mass is 333 g/mol. The van der Waals surface area contributed by atoms with Crippen molar-refractivity contribution in [1.29, 1.82) is 0 Å². The van der Waals surface area contributed by atoms with E-state index >= 15 is 0 Å². The van der Waals surface area contributed by atoms with Gasteiger partial charge in [-0.3, -0.25) is 14.6 Å². The zero-order valence-corrected chi connectivity index (χ0v) is 14.7. The lowest BCUT2D eigenvalue weighted by Gasteiger charge is -2.22. The van der Waals surface area contributed by atoms with Gasteiger partial charge in [0.05, 0.1) is 11.8 Å². The van der Waals surface area contributed by atoms with Crippen LogP contribution < -0.4 is 5.32 Å². The lowest BCUT2D eigenvalue weighted by molar-refractivity contribution is -0.130. The number of nitrogens with zero attached hydrogens (tertiary/aromatic N) is 2. The molecule has 132 valence electrons. The van der Waals surface area contributed by atoms with Crippen molar-refractivity contribution in [3.63, 3.8) is 0 Å². The number of carbonyl (C=O) groups is 2. The van der Waals surface area contributed by atoms with Crippen molar-refractivity contribution in [2.75, 3.05) is 13.1 Å². The van der Waals surface area contributed by atoms with Crippen molar-refractivity contribution < 1.29 is 14.7 Å². The Balaban J connectivity index is 1.95. The number of carbonyl (C=O) groups excluding carboxylic acids is 2. The highest BCUT2D eigenvalue weighted by molar-refractivity contribution is 5.97. The quantitative estimate of drug-likeness (QED) is 0.866. The van der Waals surface area contributed by atoms with Gasteiger partial charge in [-0.25, -0.2) is 0 Å². The predicted octanol–water partition coefficient (Wildman–Crippen LogP) is 2.25. The molecule has 1 aromatic rings. The minimum Gasteiger partial charge on any atom is -0.505 e. The van der Waals surface area contributed by atoms with E-state index in [0.29, 0.717) is 31.0 Å². The van der Waals surface area contributed by atoms with Gasteiger partial charge >= 0.3 is 0 Å². The van der Waals surface area contributed by atoms with Crippen LogP contribution in [0.5, 0.6) is 5.75 Å². The lowest BCUT2D eigenvalue weighted by atomic mass is 10.1. The minimum absolute atomic E-state index is 0.0571. The Hall–Kier alpha value is -2.11. The van der Waals surface area contributed by atoms with Gasteiger partial charge in [-0.15, -0.1) is 0 Å². The first-order valence-electron chi connectivity index (χ1n) is 8.61. The zero-order valence-electron chi connectivity index (χ0n) is 14.7. The zero-order chi connectivity index (χ0) is 17.7. The summed E-state index contributed by atoms with van der Waals surface area (Å²) in [4.78, 5) is 30.4. The van der Waals surface area contributed by atoms with Gasteiger partial charge in [-0.05, 0) is 38.2 Å². The van der Waals surface area contributed by atoms with Gasteiger partial charge in [-0.2, -0.15) is 0 Å². The summed E-state index contributed by atoms with van der Waals surface area (Å²) in [5.74, 6) is 0.289. The maximum absolute atomic E-state index is 12.4. The van der Waals surface area contributed by atoms with Crippen molar-refractivity contribution in [2.24, 2.45) is 5.92 Å². The van der Waals surface area contributed by atoms with Crippen molar-refractivity contribution in [2.45, 2.75) is 52.5 Å². The molecular weight excluding hydrogens is 306 g/mol. The van der Waals surface area contributed by atoms with Crippen LogP contribution in [0.4, 0.5) is 0 Å². The SMILES string of the molecule is Cc1cc(C(=O)NC2CCC(=O)N(CCC(C)C)CC2)c(O)cn1. The maximum atomic E-state index is 12.4. The van der Waals surface area contributed by atoms with Gasteiger partial charge in [-0.1, -0.05) is 13.8 Å². The predicted molar refractivity (Wildman–Crippen MR) is 91.8 cm³/mol. The normalized spacial score (nSPS) is 18.6. The molecule has 1 aliphatic rings. The van der Waals surface area contributed by atoms with Crippen LogP contribution in [0, 0.1) is 12.8 Å². The Labute approximate surface area is 143 Å². The van der Waals surface area contributed by atoms with E-state index in [0.717, 1.165) is 19.4 Å². The highest BCUT2D eigenvalue weighted by atomic mass is 16.3. The van der Waals surface area contributed by atoms with Crippen LogP contribution in [0.2, 0.25) is 0 Å². The second kappa shape index (κ2) is 8.13. The number of rotatable bonds is 5. The van der Waals surface area contributed by atoms with Gasteiger partial charge in [0.1, 0.15) is 5.75 Å². The molecule has 1 atom stereocenters. The molecule has 0 aromatic carbocycles. The van der Waals surface area contributed by atoms with Gasteiger partial charge in [0.2, 0.25) is 5.91 Å². The number of aromatic hydroxyl groups is 1. The molecule has 2 N–H and O–H groups in total. The summed E-state index contributed by atoms with van der Waals surface area (Å²) in [6.45, 7) is 7.51. The van der Waals surface area contributed by atoms with E-state index in [4.69, 9.17) is 0 Å². The molecule has 2 heterocycles. The van der Waals surface area contributed by atoms with Crippen molar-refractivity contribution >= 4 is 11.8 Å². The lowest BCUT2D eigenvalue weighted by Crippen LogP contribution is -2.36. The standard InChI is InChI=1S/C18H27N3O3/c1-12(2)6-8-21-9-7-14(4-5-17(21)23)20-18(24)15-10-13(3)19-11-16(15)22/h10-12,14,22H,4-9H2,1-3H3,(H,20,24). The number of aromatic nitrogens is 1. The smallest absolute Gasteiger partial charge is 0.255 e. The van der Waals surface area contributed by atoms with E-state index < -0.39 is 0 Å². The molecule has 0 saturated carbocycles. The molecule has 1 unspecified atom stereocenters. The number of amides is 2. The van der Waals surface area contributed by atoms with E-state index in [1.807, 2.05) is 4.90 Å². The Morgan fingerprint density at radius 3 is 2.92 bits per heavy atom. The summed E-state index contributed by atoms with van der Waals surface area (Å²) < 4.78 is 0. The third-order valence-corrected chi connectivity index (χ3v) is 4.38. The molecular formula is C18H27N3O3. The second-order valence-electron chi connectivity index (χ2n) is 6.90. The number of pyridine rings is 1. The second-order valence-corrected chi connectivity index (χ2v) is 6.90. The average molecular weight is 333 g/mol. The molecule has 2 rings (SSSR count). The van der Waals surface area contributed by atoms with Crippen LogP contribution in [-0.2, 0) is 4.79 Å². The number of nitrogens with one attached hydrogen (secondary N) is 1. The van der Waals surface area contributed by atoms with Crippen LogP contribution in [0.15, 0.2) is 12.3 Å². The number of hydrogen-bond acceptors (Lipinski definition) is 4. The van der Waals surface area contributed by atoms with E-state index in [2.05, 4.69) is 24.1 Å². The first-order chi connectivity index (χ1) is 11.4. The number of likely N-dealkylation sites (tertiary alicyclic amines) is 1. The molecule has 0 spiro atoms. The fourth-order valence-corrected chi connectivity index (χ4v) is 2.83. The maximum Gasteiger partial charge on any atom is 0.255 e. The van der Waals surface area contributed by atoms with E-state index in [9.17, 15) is 14.7 Å². The molecule has 0 radical (unpaired) electrons. The van der Waals surface area contributed by atoms with Crippen LogP contribution >= 0.6 is 0 Å². The van der Waals surface area contributed by atoms with Gasteiger partial charge < -0.3 is 15.3 Å². The third kappa shape index (κ3) is 4.94. The molecule has 1 aromatic heterocycles. The summed E-state index contributed by atoms with van der Waals surface area (Å²) in [5, 5.41) is 12.8. The van der Waals surface area contributed by atoms with E-state index in [-0.39, 0.29) is 29.2 Å². The van der Waals surface area contributed by atoms with Crippen LogP contribution in [0.3, 0.4) is 0 Å². The Bertz CT molecular complexity index is 601. The third-order valence-electron chi connectivity index (χ3n) is 4.38. The molecule has 0 aliphatic carbocycles. The molecule has 1 saturated heterocycles. The summed E-state index contributed by atoms with van der Waals surface area (Å²) in [5.41, 5.74) is 0.906. The van der Waals surface area contributed by atoms with Gasteiger partial charge in [0, 0.05) is 31.2 Å². The van der Waals surface area contributed by atoms with E-state index in [1.54, 1.807) is 13.0 Å². The van der Waals surface area contributed by atoms with Crippen molar-refractivity contribution in [3.05, 3.63) is 23.5 Å². The van der Waals surface area contributed by atoms with Gasteiger partial charge in [0.15, 0.2) is 0 Å². The van der Waals surface area contributed by atoms with Crippen LogP contribution in [0.25, 0.3) is 0 Å². The number of hydrogen-bond donors (Lipinski definition) is 2. The fraction of sp³-hybridized carbons (Fsp3) is 0.611. The Kier molecular flexibility index (Phi) is 6.17. The molecule has 24 heavy (non-hydrogen) atoms. The summed E-state index contributed by atoms with van der Waals surface area (Å²) in [6.07, 6.45) is 4.10. The fourth-order valence-electron chi connectivity index (χ4n) is 2.83. The largest absolute Gasteiger partial charge is 0.505 e. The average Bonchev–Trinajstić information content (AvgIpc) is 2.70. The number of aryl methyl sites for hydroxylation is 1. The van der Waals surface area contributed by atoms with Crippen LogP contribution in [0.1, 0.15) is 55.6 Å². The molecule has 1 aliphatic heterocycles. The highest BCUT2D eigenvalue weighted by Gasteiger charge is 2.24. The van der Waals surface area contributed by atoms with Crippen molar-refractivity contribution in [1.82, 2.24) is 15.2 Å². The summed E-state index contributed by atoms with van der Waals surface area (Å²) in [7, 11) is 0. The molecule has 6 heteroatoms. The Morgan fingerprint density at radius 1 is 1.46 bits per heavy atom. The highest BCUT2D eigenvalue weighted by Crippen LogP contribution is 2.18. The topological polar surface area (TPSA) is 82.5 Å². The van der Waals surface area contributed by atoms with Crippen molar-refractivity contribution in [3.8, 4) is 5.75 Å². The molecule has 0 bridgehead atoms. The summed E-state index contributed by atoms with van der Waals surface area (Å²) >= 11 is 0. The molecule has 2 amide bonds. The Morgan fingerprint density at radius 2 is 2.21 bits per heavy atom. The van der Waals surface area contributed by atoms with E-state index in [1.165, 1.54) is 6.20 Å². The minimum atomic E-state index is -0.314. The molecule has 1 fully saturated rings. The van der Waals surface area contributed by atoms with Gasteiger partial charge in [0.25, 0.3) is 5.91 Å². The van der Waals surface area contributed by atoms with Crippen LogP contribution in [-0.4, -0.2) is 45.9 Å². The first-order valence-corrected chi connectivity index (χ1v) is 8.61. The first kappa shape index (κ1) is 18.2. The molecule has 6 nitrogen and oxygen atoms in total.